The number of ketones is 1. The Morgan fingerprint density at radius 2 is 1.69 bits per heavy atom. The Hall–Kier alpha value is -3.77. The third kappa shape index (κ3) is 4.33. The molecule has 0 N–H and O–H groups in total. The fourth-order valence-corrected chi connectivity index (χ4v) is 5.04. The Kier molecular flexibility index (Phi) is 6.22. The van der Waals surface area contributed by atoms with Gasteiger partial charge in [-0.2, -0.15) is 0 Å². The summed E-state index contributed by atoms with van der Waals surface area (Å²) in [7, 11) is 1.95. The van der Waals surface area contributed by atoms with Gasteiger partial charge < -0.3 is 9.64 Å². The number of carbonyl (C=O) groups is 2. The summed E-state index contributed by atoms with van der Waals surface area (Å²) in [5.74, 6) is -0.821. The largest absolute Gasteiger partial charge is 0.454 e. The second kappa shape index (κ2) is 9.36. The van der Waals surface area contributed by atoms with E-state index in [1.165, 1.54) is 0 Å². The number of aromatic nitrogens is 1. The quantitative estimate of drug-likeness (QED) is 0.208. The summed E-state index contributed by atoms with van der Waals surface area (Å²) in [6.45, 7) is 3.84. The van der Waals surface area contributed by atoms with Crippen molar-refractivity contribution in [1.82, 2.24) is 4.98 Å². The van der Waals surface area contributed by atoms with E-state index in [1.54, 1.807) is 12.1 Å². The number of likely N-dealkylation sites (N-methyl/N-ethyl adjacent to an activating group) is 1. The van der Waals surface area contributed by atoms with Gasteiger partial charge in [0, 0.05) is 45.3 Å². The Bertz CT molecular complexity index is 1520. The Labute approximate surface area is 218 Å². The van der Waals surface area contributed by atoms with Crippen molar-refractivity contribution in [2.75, 3.05) is 18.6 Å². The second-order valence-corrected chi connectivity index (χ2v) is 10.3. The van der Waals surface area contributed by atoms with Crippen LogP contribution in [0.4, 0.5) is 5.69 Å². The number of rotatable bonds is 5. The van der Waals surface area contributed by atoms with E-state index in [-0.39, 0.29) is 17.8 Å². The molecule has 0 atom stereocenters. The molecule has 5 nitrogen and oxygen atoms in total. The van der Waals surface area contributed by atoms with Crippen molar-refractivity contribution in [2.45, 2.75) is 19.3 Å². The molecule has 180 valence electrons. The van der Waals surface area contributed by atoms with Gasteiger partial charge in [0.25, 0.3) is 0 Å². The fraction of sp³-hybridized carbons (Fsp3) is 0.167. The molecule has 0 fully saturated rings. The second-order valence-electron chi connectivity index (χ2n) is 9.35. The molecule has 0 aliphatic carbocycles. The first-order chi connectivity index (χ1) is 17.3. The number of para-hydroxylation sites is 2. The van der Waals surface area contributed by atoms with Crippen LogP contribution in [0.1, 0.15) is 29.8 Å². The maximum absolute atomic E-state index is 13.2. The van der Waals surface area contributed by atoms with E-state index in [1.807, 2.05) is 78.7 Å². The number of hydrogen-bond acceptors (Lipinski definition) is 5. The number of hydrogen-bond donors (Lipinski definition) is 0. The maximum atomic E-state index is 13.2. The molecular weight excluding hydrogens is 516 g/mol. The lowest BCUT2D eigenvalue weighted by atomic mass is 9.83. The molecule has 0 bridgehead atoms. The molecule has 0 unspecified atom stereocenters. The number of pyridine rings is 1. The number of benzene rings is 3. The van der Waals surface area contributed by atoms with Gasteiger partial charge in [0.05, 0.1) is 16.8 Å². The van der Waals surface area contributed by atoms with E-state index in [9.17, 15) is 9.59 Å². The lowest BCUT2D eigenvalue weighted by Crippen LogP contribution is -2.25. The van der Waals surface area contributed by atoms with Crippen LogP contribution in [0, 0.1) is 0 Å². The van der Waals surface area contributed by atoms with Crippen LogP contribution < -0.4 is 4.90 Å². The number of nitrogens with zero attached hydrogens (tertiary/aromatic N) is 2. The predicted molar refractivity (Wildman–Crippen MR) is 146 cm³/mol. The smallest absolute Gasteiger partial charge is 0.339 e. The van der Waals surface area contributed by atoms with Crippen molar-refractivity contribution in [1.29, 1.82) is 0 Å². The van der Waals surface area contributed by atoms with Crippen LogP contribution in [0.2, 0.25) is 0 Å². The minimum absolute atomic E-state index is 0.266. The van der Waals surface area contributed by atoms with Crippen LogP contribution in [0.3, 0.4) is 0 Å². The normalized spacial score (nSPS) is 15.2. The standard InChI is InChI=1S/C30H25BrN2O3/c1-30(2)24-9-5-7-11-27(24)33(3)28(30)16-21(34)18-36-29(35)23-17-26(19-12-14-20(31)15-13-19)32-25-10-6-4-8-22(23)25/h4-17H,18H2,1-3H3. The van der Waals surface area contributed by atoms with Gasteiger partial charge >= 0.3 is 5.97 Å². The number of allylic oxidation sites excluding steroid dienone is 1. The SMILES string of the molecule is CN1C(=CC(=O)COC(=O)c2cc(-c3ccc(Br)cc3)nc3ccccc23)C(C)(C)c2ccccc21. The van der Waals surface area contributed by atoms with Crippen LogP contribution >= 0.6 is 15.9 Å². The van der Waals surface area contributed by atoms with Crippen LogP contribution in [0.5, 0.6) is 0 Å². The first-order valence-corrected chi connectivity index (χ1v) is 12.5. The van der Waals surface area contributed by atoms with Crippen LogP contribution in [-0.4, -0.2) is 30.4 Å². The van der Waals surface area contributed by atoms with Gasteiger partial charge in [-0.1, -0.05) is 78.3 Å². The fourth-order valence-electron chi connectivity index (χ4n) is 4.78. The van der Waals surface area contributed by atoms with Crippen LogP contribution in [0.15, 0.2) is 95.1 Å². The first-order valence-electron chi connectivity index (χ1n) is 11.7. The van der Waals surface area contributed by atoms with E-state index in [4.69, 9.17) is 9.72 Å². The molecule has 0 radical (unpaired) electrons. The summed E-state index contributed by atoms with van der Waals surface area (Å²) in [4.78, 5) is 32.8. The first kappa shape index (κ1) is 23.9. The third-order valence-electron chi connectivity index (χ3n) is 6.66. The lowest BCUT2D eigenvalue weighted by Gasteiger charge is -2.23. The average molecular weight is 541 g/mol. The number of fused-ring (bicyclic) bond motifs is 2. The number of esters is 1. The highest BCUT2D eigenvalue weighted by atomic mass is 79.9. The van der Waals surface area contributed by atoms with Crippen molar-refractivity contribution < 1.29 is 14.3 Å². The molecule has 1 aliphatic rings. The van der Waals surface area contributed by atoms with E-state index in [0.29, 0.717) is 22.2 Å². The van der Waals surface area contributed by atoms with Crippen molar-refractivity contribution in [3.63, 3.8) is 0 Å². The predicted octanol–water partition coefficient (Wildman–Crippen LogP) is 6.70. The Balaban J connectivity index is 1.39. The monoisotopic (exact) mass is 540 g/mol. The lowest BCUT2D eigenvalue weighted by molar-refractivity contribution is -0.117. The summed E-state index contributed by atoms with van der Waals surface area (Å²) in [6.07, 6.45) is 1.59. The molecule has 1 aliphatic heterocycles. The summed E-state index contributed by atoms with van der Waals surface area (Å²) in [5, 5.41) is 0.682. The molecule has 0 saturated carbocycles. The van der Waals surface area contributed by atoms with Gasteiger partial charge in [-0.3, -0.25) is 4.79 Å². The van der Waals surface area contributed by atoms with Crippen molar-refractivity contribution in [3.05, 3.63) is 106 Å². The molecule has 0 saturated heterocycles. The maximum Gasteiger partial charge on any atom is 0.339 e. The van der Waals surface area contributed by atoms with Crippen molar-refractivity contribution in [3.8, 4) is 11.3 Å². The highest BCUT2D eigenvalue weighted by Crippen LogP contribution is 2.46. The van der Waals surface area contributed by atoms with E-state index >= 15 is 0 Å². The van der Waals surface area contributed by atoms with Gasteiger partial charge in [0.15, 0.2) is 12.4 Å². The minimum atomic E-state index is -0.555. The molecule has 0 amide bonds. The van der Waals surface area contributed by atoms with Gasteiger partial charge in [0.1, 0.15) is 0 Å². The molecule has 4 aromatic rings. The number of ether oxygens (including phenoxy) is 1. The molecular formula is C30H25BrN2O3. The Morgan fingerprint density at radius 3 is 2.44 bits per heavy atom. The average Bonchev–Trinajstić information content (AvgIpc) is 3.07. The van der Waals surface area contributed by atoms with Crippen LogP contribution in [-0.2, 0) is 14.9 Å². The van der Waals surface area contributed by atoms with Gasteiger partial charge in [-0.05, 0) is 35.9 Å². The van der Waals surface area contributed by atoms with E-state index < -0.39 is 5.97 Å². The number of anilines is 1. The van der Waals surface area contributed by atoms with Gasteiger partial charge in [-0.25, -0.2) is 9.78 Å². The molecule has 3 aromatic carbocycles. The third-order valence-corrected chi connectivity index (χ3v) is 7.19. The summed E-state index contributed by atoms with van der Waals surface area (Å²) in [5.41, 5.74) is 5.38. The topological polar surface area (TPSA) is 59.5 Å². The van der Waals surface area contributed by atoms with Gasteiger partial charge in [0.2, 0.25) is 0 Å². The molecule has 1 aromatic heterocycles. The van der Waals surface area contributed by atoms with Crippen molar-refractivity contribution >= 4 is 44.3 Å². The molecule has 2 heterocycles. The highest BCUT2D eigenvalue weighted by molar-refractivity contribution is 9.10. The van der Waals surface area contributed by atoms with E-state index in [0.717, 1.165) is 27.0 Å². The minimum Gasteiger partial charge on any atom is -0.454 e. The summed E-state index contributed by atoms with van der Waals surface area (Å²) >= 11 is 3.45. The summed E-state index contributed by atoms with van der Waals surface area (Å²) in [6, 6.07) is 25.0. The zero-order valence-electron chi connectivity index (χ0n) is 20.3. The molecule has 5 rings (SSSR count). The van der Waals surface area contributed by atoms with Crippen LogP contribution in [0.25, 0.3) is 22.2 Å². The van der Waals surface area contributed by atoms with Gasteiger partial charge in [-0.15, -0.1) is 0 Å². The zero-order valence-corrected chi connectivity index (χ0v) is 21.9. The molecule has 6 heteroatoms. The Morgan fingerprint density at radius 1 is 1.00 bits per heavy atom. The van der Waals surface area contributed by atoms with Crippen molar-refractivity contribution in [2.24, 2.45) is 0 Å². The number of halogens is 1. The molecule has 36 heavy (non-hydrogen) atoms. The summed E-state index contributed by atoms with van der Waals surface area (Å²) < 4.78 is 6.47. The zero-order chi connectivity index (χ0) is 25.4. The number of carbonyl (C=O) groups excluding carboxylic acids is 2. The highest BCUT2D eigenvalue weighted by Gasteiger charge is 2.38. The molecule has 0 spiro atoms. The van der Waals surface area contributed by atoms with E-state index in [2.05, 4.69) is 35.8 Å².